The molecule has 0 bridgehead atoms. The molecule has 0 saturated carbocycles. The van der Waals surface area contributed by atoms with Crippen LogP contribution in [0.4, 0.5) is 0 Å². The first-order valence-corrected chi connectivity index (χ1v) is 5.30. The van der Waals surface area contributed by atoms with Crippen molar-refractivity contribution in [1.82, 2.24) is 5.32 Å². The van der Waals surface area contributed by atoms with Crippen LogP contribution in [-0.2, 0) is 6.54 Å². The first kappa shape index (κ1) is 10.8. The molecular weight excluding hydrogens is 202 g/mol. The number of hydrogen-bond acceptors (Lipinski definition) is 3. The predicted octanol–water partition coefficient (Wildman–Crippen LogP) is 3.28. The van der Waals surface area contributed by atoms with Crippen LogP contribution in [-0.4, -0.2) is 0 Å². The molecule has 0 saturated heterocycles. The highest BCUT2D eigenvalue weighted by molar-refractivity contribution is 5.07. The van der Waals surface area contributed by atoms with E-state index in [-0.39, 0.29) is 6.04 Å². The third-order valence-electron chi connectivity index (χ3n) is 2.39. The SMILES string of the molecule is C=CCC(NCc1ccco1)c1ccco1. The summed E-state index contributed by atoms with van der Waals surface area (Å²) in [7, 11) is 0. The molecule has 2 rings (SSSR count). The monoisotopic (exact) mass is 217 g/mol. The standard InChI is InChI=1S/C13H15NO2/c1-2-5-12(13-7-4-9-16-13)14-10-11-6-3-8-15-11/h2-4,6-9,12,14H,1,5,10H2. The smallest absolute Gasteiger partial charge is 0.120 e. The second-order valence-electron chi connectivity index (χ2n) is 3.55. The Bertz CT molecular complexity index is 403. The Morgan fingerprint density at radius 1 is 1.25 bits per heavy atom. The van der Waals surface area contributed by atoms with Crippen molar-refractivity contribution in [1.29, 1.82) is 0 Å². The fraction of sp³-hybridized carbons (Fsp3) is 0.231. The summed E-state index contributed by atoms with van der Waals surface area (Å²) >= 11 is 0. The van der Waals surface area contributed by atoms with Crippen LogP contribution in [0.3, 0.4) is 0 Å². The molecule has 1 unspecified atom stereocenters. The normalized spacial score (nSPS) is 12.5. The average molecular weight is 217 g/mol. The van der Waals surface area contributed by atoms with Crippen LogP contribution in [0.2, 0.25) is 0 Å². The first-order valence-electron chi connectivity index (χ1n) is 5.30. The van der Waals surface area contributed by atoms with Crippen LogP contribution in [0.1, 0.15) is 24.0 Å². The van der Waals surface area contributed by atoms with E-state index in [4.69, 9.17) is 8.83 Å². The molecule has 0 spiro atoms. The van der Waals surface area contributed by atoms with E-state index in [0.29, 0.717) is 6.54 Å². The third kappa shape index (κ3) is 2.64. The van der Waals surface area contributed by atoms with Gasteiger partial charge in [0.2, 0.25) is 0 Å². The molecule has 0 fully saturated rings. The van der Waals surface area contributed by atoms with Crippen molar-refractivity contribution in [2.75, 3.05) is 0 Å². The predicted molar refractivity (Wildman–Crippen MR) is 61.8 cm³/mol. The van der Waals surface area contributed by atoms with Crippen molar-refractivity contribution in [3.63, 3.8) is 0 Å². The van der Waals surface area contributed by atoms with Crippen LogP contribution in [0.15, 0.2) is 58.3 Å². The Morgan fingerprint density at radius 2 is 2.06 bits per heavy atom. The number of nitrogens with one attached hydrogen (secondary N) is 1. The Kier molecular flexibility index (Phi) is 3.62. The zero-order chi connectivity index (χ0) is 11.2. The van der Waals surface area contributed by atoms with E-state index in [9.17, 15) is 0 Å². The molecule has 3 heteroatoms. The molecule has 3 nitrogen and oxygen atoms in total. The minimum absolute atomic E-state index is 0.151. The molecule has 2 aromatic heterocycles. The summed E-state index contributed by atoms with van der Waals surface area (Å²) in [6, 6.07) is 7.83. The molecular formula is C13H15NO2. The van der Waals surface area contributed by atoms with Crippen molar-refractivity contribution in [2.24, 2.45) is 0 Å². The Hall–Kier alpha value is -1.74. The summed E-state index contributed by atoms with van der Waals surface area (Å²) in [6.45, 7) is 4.44. The van der Waals surface area contributed by atoms with Crippen LogP contribution >= 0.6 is 0 Å². The van der Waals surface area contributed by atoms with E-state index in [1.54, 1.807) is 12.5 Å². The maximum Gasteiger partial charge on any atom is 0.120 e. The van der Waals surface area contributed by atoms with Gasteiger partial charge >= 0.3 is 0 Å². The molecule has 0 aliphatic rings. The molecule has 1 N–H and O–H groups in total. The Labute approximate surface area is 94.8 Å². The van der Waals surface area contributed by atoms with Crippen LogP contribution < -0.4 is 5.32 Å². The fourth-order valence-corrected chi connectivity index (χ4v) is 1.59. The lowest BCUT2D eigenvalue weighted by Crippen LogP contribution is -2.19. The number of rotatable bonds is 6. The van der Waals surface area contributed by atoms with Gasteiger partial charge in [-0.2, -0.15) is 0 Å². The van der Waals surface area contributed by atoms with Gasteiger partial charge < -0.3 is 14.2 Å². The van der Waals surface area contributed by atoms with E-state index >= 15 is 0 Å². The molecule has 2 aromatic rings. The van der Waals surface area contributed by atoms with Gasteiger partial charge in [-0.15, -0.1) is 6.58 Å². The minimum Gasteiger partial charge on any atom is -0.468 e. The first-order chi connectivity index (χ1) is 7.90. The molecule has 0 aliphatic carbocycles. The molecule has 0 radical (unpaired) electrons. The van der Waals surface area contributed by atoms with E-state index in [0.717, 1.165) is 17.9 Å². The lowest BCUT2D eigenvalue weighted by atomic mass is 10.1. The average Bonchev–Trinajstić information content (AvgIpc) is 2.96. The maximum absolute atomic E-state index is 5.38. The Balaban J connectivity index is 1.95. The fourth-order valence-electron chi connectivity index (χ4n) is 1.59. The van der Waals surface area contributed by atoms with Gasteiger partial charge in [0.25, 0.3) is 0 Å². The van der Waals surface area contributed by atoms with Gasteiger partial charge in [-0.25, -0.2) is 0 Å². The lowest BCUT2D eigenvalue weighted by molar-refractivity contribution is 0.392. The zero-order valence-corrected chi connectivity index (χ0v) is 9.06. The minimum atomic E-state index is 0.151. The van der Waals surface area contributed by atoms with Crippen LogP contribution in [0.25, 0.3) is 0 Å². The van der Waals surface area contributed by atoms with Gasteiger partial charge in [0.05, 0.1) is 25.1 Å². The molecule has 0 aliphatic heterocycles. The highest BCUT2D eigenvalue weighted by Gasteiger charge is 2.12. The topological polar surface area (TPSA) is 38.3 Å². The molecule has 84 valence electrons. The molecule has 1 atom stereocenters. The van der Waals surface area contributed by atoms with E-state index < -0.39 is 0 Å². The molecule has 2 heterocycles. The second kappa shape index (κ2) is 5.37. The van der Waals surface area contributed by atoms with Gasteiger partial charge in [-0.05, 0) is 30.7 Å². The van der Waals surface area contributed by atoms with Crippen molar-refractivity contribution in [2.45, 2.75) is 19.0 Å². The zero-order valence-electron chi connectivity index (χ0n) is 9.06. The summed E-state index contributed by atoms with van der Waals surface area (Å²) in [6.07, 6.45) is 6.06. The summed E-state index contributed by atoms with van der Waals surface area (Å²) in [4.78, 5) is 0. The van der Waals surface area contributed by atoms with E-state index in [1.165, 1.54) is 0 Å². The van der Waals surface area contributed by atoms with Gasteiger partial charge in [0.15, 0.2) is 0 Å². The highest BCUT2D eigenvalue weighted by atomic mass is 16.3. The third-order valence-corrected chi connectivity index (χ3v) is 2.39. The Morgan fingerprint density at radius 3 is 2.69 bits per heavy atom. The van der Waals surface area contributed by atoms with Crippen LogP contribution in [0.5, 0.6) is 0 Å². The molecule has 0 aromatic carbocycles. The highest BCUT2D eigenvalue weighted by Crippen LogP contribution is 2.18. The van der Waals surface area contributed by atoms with Crippen molar-refractivity contribution >= 4 is 0 Å². The van der Waals surface area contributed by atoms with Crippen LogP contribution in [0, 0.1) is 0 Å². The number of furan rings is 2. The summed E-state index contributed by atoms with van der Waals surface area (Å²) in [5.74, 6) is 1.84. The lowest BCUT2D eigenvalue weighted by Gasteiger charge is -2.13. The quantitative estimate of drug-likeness (QED) is 0.754. The molecule has 0 amide bonds. The van der Waals surface area contributed by atoms with E-state index in [2.05, 4.69) is 11.9 Å². The maximum atomic E-state index is 5.38. The summed E-state index contributed by atoms with van der Waals surface area (Å²) < 4.78 is 10.6. The van der Waals surface area contributed by atoms with Crippen molar-refractivity contribution in [3.05, 3.63) is 61.0 Å². The van der Waals surface area contributed by atoms with Gasteiger partial charge in [-0.3, -0.25) is 0 Å². The number of hydrogen-bond donors (Lipinski definition) is 1. The van der Waals surface area contributed by atoms with Crippen molar-refractivity contribution < 1.29 is 8.83 Å². The van der Waals surface area contributed by atoms with E-state index in [1.807, 2.05) is 30.3 Å². The summed E-state index contributed by atoms with van der Waals surface area (Å²) in [5.41, 5.74) is 0. The molecule has 16 heavy (non-hydrogen) atoms. The summed E-state index contributed by atoms with van der Waals surface area (Å²) in [5, 5.41) is 3.37. The van der Waals surface area contributed by atoms with Crippen molar-refractivity contribution in [3.8, 4) is 0 Å². The second-order valence-corrected chi connectivity index (χ2v) is 3.55. The van der Waals surface area contributed by atoms with Gasteiger partial charge in [-0.1, -0.05) is 6.08 Å². The van der Waals surface area contributed by atoms with Gasteiger partial charge in [0.1, 0.15) is 11.5 Å². The van der Waals surface area contributed by atoms with Gasteiger partial charge in [0, 0.05) is 0 Å². The largest absolute Gasteiger partial charge is 0.468 e.